The number of pyridine rings is 3. The zero-order valence-corrected chi connectivity index (χ0v) is 84.0. The second-order valence-corrected chi connectivity index (χ2v) is 47.2. The van der Waals surface area contributed by atoms with Gasteiger partial charge in [0.25, 0.3) is 0 Å². The van der Waals surface area contributed by atoms with Crippen molar-refractivity contribution in [1.29, 1.82) is 0 Å². The Balaban J connectivity index is 0.000000120. The fourth-order valence-corrected chi connectivity index (χ4v) is 29.6. The number of benzene rings is 18. The quantitative estimate of drug-likeness (QED) is 0.0824. The van der Waals surface area contributed by atoms with Gasteiger partial charge in [0.2, 0.25) is 0 Å². The number of rotatable bonds is 17. The van der Waals surface area contributed by atoms with E-state index in [1.165, 1.54) is 99.7 Å². The first kappa shape index (κ1) is 92.0. The van der Waals surface area contributed by atoms with Crippen molar-refractivity contribution in [3.63, 3.8) is 0 Å². The van der Waals surface area contributed by atoms with E-state index in [1.807, 2.05) is 188 Å². The van der Waals surface area contributed by atoms with Crippen LogP contribution in [0, 0.1) is 0 Å². The first-order valence-electron chi connectivity index (χ1n) is 49.3. The van der Waals surface area contributed by atoms with Gasteiger partial charge in [-0.1, -0.05) is 363 Å². The molecule has 2 atom stereocenters. The zero-order valence-electron chi connectivity index (χ0n) is 81.3. The third-order valence-corrected chi connectivity index (χ3v) is 38.5. The van der Waals surface area contributed by atoms with Crippen LogP contribution in [0.5, 0.6) is 0 Å². The van der Waals surface area contributed by atoms with E-state index in [9.17, 15) is 0 Å². The Kier molecular flexibility index (Phi) is 24.1. The predicted octanol–water partition coefficient (Wildman–Crippen LogP) is 30.3. The van der Waals surface area contributed by atoms with Gasteiger partial charge in [-0.3, -0.25) is 14.9 Å². The molecule has 0 aliphatic carbocycles. The van der Waals surface area contributed by atoms with Gasteiger partial charge < -0.3 is 28.1 Å². The smallest absolute Gasteiger partial charge is 0.172 e. The van der Waals surface area contributed by atoms with Gasteiger partial charge in [0.15, 0.2) is 21.4 Å². The molecule has 0 saturated carbocycles. The van der Waals surface area contributed by atoms with E-state index in [-0.39, 0.29) is 16.2 Å². The molecule has 22 aromatic rings. The van der Waals surface area contributed by atoms with Crippen LogP contribution in [0.4, 0.5) is 51.3 Å². The summed E-state index contributed by atoms with van der Waals surface area (Å²) >= 11 is 0. The van der Waals surface area contributed by atoms with Crippen LogP contribution in [-0.2, 0) is 29.9 Å². The number of fused-ring (bicyclic) bond motifs is 9. The van der Waals surface area contributed by atoms with Crippen LogP contribution in [0.3, 0.4) is 0 Å². The first-order valence-corrected chi connectivity index (χ1v) is 54.4. The number of hydrogen-bond donors (Lipinski definition) is 0. The molecule has 700 valence electrons. The molecule has 0 spiro atoms. The first-order chi connectivity index (χ1) is 70.8. The van der Waals surface area contributed by atoms with Gasteiger partial charge in [0.1, 0.15) is 5.82 Å². The van der Waals surface area contributed by atoms with Gasteiger partial charge in [0.05, 0.1) is 45.2 Å². The molecule has 2 unspecified atom stereocenters. The fourth-order valence-electron chi connectivity index (χ4n) is 21.8. The van der Waals surface area contributed by atoms with E-state index in [2.05, 4.69) is 380 Å². The van der Waals surface area contributed by atoms with Gasteiger partial charge >= 0.3 is 0 Å². The molecule has 13 heteroatoms. The average Bonchev–Trinajstić information content (AvgIpc) is 1.17. The van der Waals surface area contributed by atoms with Crippen molar-refractivity contribution < 1.29 is 13.7 Å². The highest BCUT2D eigenvalue weighted by molar-refractivity contribution is 7.86. The number of aromatic nitrogens is 4. The predicted molar refractivity (Wildman–Crippen MR) is 607 cm³/mol. The van der Waals surface area contributed by atoms with Gasteiger partial charge in [-0.2, -0.15) is 0 Å². The number of hydrogen-bond acceptors (Lipinski definition) is 9. The average molecular weight is 1930 g/mol. The van der Waals surface area contributed by atoms with E-state index in [1.54, 1.807) is 24.8 Å². The maximum Gasteiger partial charge on any atom is 0.172 e. The molecule has 25 rings (SSSR count). The molecule has 0 amide bonds. The molecule has 10 nitrogen and oxygen atoms in total. The largest absolute Gasteiger partial charge is 0.310 e. The lowest BCUT2D eigenvalue weighted by Crippen LogP contribution is -2.31. The SMILES string of the molecule is CC1(C)c2cc(-c3ccccc3)ccc2N(c2ccc(P(=O)(c3ccccc3)c3ccccc3)cn2)c2ccc(-c3ccccc3)cc21.CC1(C)c2cc(-c3ccccc3)ccc2N(c2ccc(P(=O)(c3ccccc3)c3cccnc3)cc2)c2ccc(-c3ccccc3)cc21.CC1(C)c2ccccc2N(c2ccc(P(=O)(c3ccccc3)c3cccnc3)cc2)c2ccc(-n3c4ccccc4c4ccccc43)cc21. The Morgan fingerprint density at radius 1 is 0.200 bits per heavy atom. The third-order valence-electron chi connectivity index (χ3n) is 29.4. The lowest BCUT2D eigenvalue weighted by atomic mass is 9.72. The summed E-state index contributed by atoms with van der Waals surface area (Å²) in [5, 5.41) is 9.40. The Morgan fingerprint density at radius 2 is 0.462 bits per heavy atom. The van der Waals surface area contributed by atoms with Gasteiger partial charge in [-0.15, -0.1) is 0 Å². The van der Waals surface area contributed by atoms with Crippen molar-refractivity contribution in [2.75, 3.05) is 14.7 Å². The van der Waals surface area contributed by atoms with Crippen molar-refractivity contribution in [2.45, 2.75) is 57.8 Å². The minimum atomic E-state index is -3.15. The Morgan fingerprint density at radius 3 is 0.800 bits per heavy atom. The molecule has 3 aliphatic heterocycles. The van der Waals surface area contributed by atoms with Crippen LogP contribution in [-0.4, -0.2) is 19.5 Å². The standard InChI is InChI=1S/C44H34N3OP.2C44H35N2OP/c1-44(2)38-18-8-11-21-42(38)46(31-22-25-34(26-23-31)49(48,33-13-4-3-5-14-33)35-15-12-28-45-30-35)43-27-24-32(29-39(43)44)47-40-19-9-6-16-36(40)37-17-7-10-20-41(37)47;1-44(2)39-29-34(32-15-7-3-8-16-32)23-26-41(39)46(42-27-24-35(30-40(42)44)33-17-9-4-10-18-33)43-28-25-38(31-45-43)48(47,36-19-11-5-12-20-36)37-21-13-6-14-22-37;1-44(2)40-29-34(32-13-6-3-7-14-32)20-26-42(40)46(43-27-21-35(30-41(43)44)33-15-8-4-9-16-33)36-22-24-38(25-23-36)48(47,37-17-10-5-11-18-37)39-19-12-28-45-31-39/h3-30H,1-2H3;2*3-31H,1-2H3. The summed E-state index contributed by atoms with van der Waals surface area (Å²) in [7, 11) is -9.45. The molecule has 145 heavy (non-hydrogen) atoms. The molecule has 0 N–H and O–H groups in total. The molecule has 0 saturated heterocycles. The molecule has 7 heterocycles. The summed E-state index contributed by atoms with van der Waals surface area (Å²) in [6.45, 7) is 13.9. The number of anilines is 9. The third kappa shape index (κ3) is 16.4. The maximum absolute atomic E-state index is 15.1. The highest BCUT2D eigenvalue weighted by atomic mass is 31.2. The molecular weight excluding hydrogens is 1820 g/mol. The minimum absolute atomic E-state index is 0.250. The van der Waals surface area contributed by atoms with E-state index in [0.29, 0.717) is 5.30 Å². The van der Waals surface area contributed by atoms with Gasteiger partial charge in [-0.05, 0) is 248 Å². The lowest BCUT2D eigenvalue weighted by molar-refractivity contribution is 0.591. The Bertz CT molecular complexity index is 8010. The van der Waals surface area contributed by atoms with Gasteiger partial charge in [0, 0.05) is 123 Å². The van der Waals surface area contributed by atoms with Crippen LogP contribution in [0.25, 0.3) is 72.0 Å². The summed E-state index contributed by atoms with van der Waals surface area (Å²) in [6.07, 6.45) is 8.72. The summed E-state index contributed by atoms with van der Waals surface area (Å²) in [4.78, 5) is 20.7. The number of nitrogens with zero attached hydrogens (tertiary/aromatic N) is 7. The molecule has 18 aromatic carbocycles. The van der Waals surface area contributed by atoms with E-state index >= 15 is 13.7 Å². The lowest BCUT2D eigenvalue weighted by Gasteiger charge is -2.42. The zero-order chi connectivity index (χ0) is 98.6. The van der Waals surface area contributed by atoms with Crippen molar-refractivity contribution in [3.8, 4) is 50.2 Å². The summed E-state index contributed by atoms with van der Waals surface area (Å²) in [5.74, 6) is 0.782. The summed E-state index contributed by atoms with van der Waals surface area (Å²) in [6, 6.07) is 170. The Hall–Kier alpha value is -16.7. The summed E-state index contributed by atoms with van der Waals surface area (Å²) < 4.78 is 47.6. The molecule has 3 aliphatic rings. The Labute approximate surface area is 847 Å². The van der Waals surface area contributed by atoms with Crippen LogP contribution in [0.2, 0.25) is 0 Å². The topological polar surface area (TPSA) is 105 Å². The van der Waals surface area contributed by atoms with E-state index in [4.69, 9.17) is 4.98 Å². The normalized spacial score (nSPS) is 14.2. The van der Waals surface area contributed by atoms with E-state index < -0.39 is 21.4 Å². The van der Waals surface area contributed by atoms with E-state index in [0.717, 1.165) is 99.4 Å². The molecule has 0 fully saturated rings. The van der Waals surface area contributed by atoms with Crippen molar-refractivity contribution >= 4 is 142 Å². The van der Waals surface area contributed by atoms with Crippen LogP contribution in [0.15, 0.2) is 522 Å². The highest BCUT2D eigenvalue weighted by Gasteiger charge is 2.43. The van der Waals surface area contributed by atoms with Gasteiger partial charge in [-0.25, -0.2) is 4.98 Å². The number of para-hydroxylation sites is 3. The second kappa shape index (κ2) is 38.0. The second-order valence-electron chi connectivity index (χ2n) is 38.9. The fraction of sp³-hybridized carbons (Fsp3) is 0.0682. The maximum atomic E-state index is 15.1. The molecule has 4 aromatic heterocycles. The van der Waals surface area contributed by atoms with Crippen molar-refractivity contribution in [3.05, 3.63) is 556 Å². The van der Waals surface area contributed by atoms with Crippen LogP contribution < -0.4 is 62.4 Å². The molecule has 0 bridgehead atoms. The summed E-state index contributed by atoms with van der Waals surface area (Å²) in [5.41, 5.74) is 28.5. The highest BCUT2D eigenvalue weighted by Crippen LogP contribution is 2.59. The molecule has 0 radical (unpaired) electrons. The van der Waals surface area contributed by atoms with Crippen LogP contribution >= 0.6 is 21.4 Å². The van der Waals surface area contributed by atoms with Crippen molar-refractivity contribution in [1.82, 2.24) is 19.5 Å². The van der Waals surface area contributed by atoms with Crippen LogP contribution in [0.1, 0.15) is 74.9 Å². The monoisotopic (exact) mass is 1930 g/mol. The van der Waals surface area contributed by atoms with Crippen molar-refractivity contribution in [2.24, 2.45) is 0 Å². The minimum Gasteiger partial charge on any atom is -0.310 e. The molecular formula is C132H104N7O3P3.